The van der Waals surface area contributed by atoms with Gasteiger partial charge in [-0.1, -0.05) is 66.4 Å². The summed E-state index contributed by atoms with van der Waals surface area (Å²) in [7, 11) is 1.47. The normalized spacial score (nSPS) is 16.2. The van der Waals surface area contributed by atoms with E-state index in [4.69, 9.17) is 24.7 Å². The minimum Gasteiger partial charge on any atom is -0.493 e. The number of methoxy groups -OCH3 is 1. The predicted octanol–water partition coefficient (Wildman–Crippen LogP) is 2.23. The van der Waals surface area contributed by atoms with Crippen LogP contribution in [0.1, 0.15) is 17.3 Å². The second kappa shape index (κ2) is 10.1. The predicted molar refractivity (Wildman–Crippen MR) is 135 cm³/mol. The van der Waals surface area contributed by atoms with Crippen LogP contribution in [0.25, 0.3) is 5.70 Å². The van der Waals surface area contributed by atoms with E-state index in [2.05, 4.69) is 5.32 Å². The van der Waals surface area contributed by atoms with Gasteiger partial charge in [-0.2, -0.15) is 0 Å². The molecule has 2 heterocycles. The molecule has 1 unspecified atom stereocenters. The van der Waals surface area contributed by atoms with Crippen molar-refractivity contribution >= 4 is 34.5 Å². The lowest BCUT2D eigenvalue weighted by Crippen LogP contribution is -2.50. The summed E-state index contributed by atoms with van der Waals surface area (Å²) < 4.78 is 10.8. The van der Waals surface area contributed by atoms with Crippen molar-refractivity contribution < 1.29 is 24.2 Å². The first kappa shape index (κ1) is 23.4. The molecule has 3 aromatic carbocycles. The lowest BCUT2D eigenvalue weighted by atomic mass is 10.1. The van der Waals surface area contributed by atoms with Gasteiger partial charge in [0.2, 0.25) is 0 Å². The molecule has 182 valence electrons. The van der Waals surface area contributed by atoms with Crippen LogP contribution in [0.2, 0.25) is 0 Å². The van der Waals surface area contributed by atoms with Crippen molar-refractivity contribution in [1.29, 1.82) is 0 Å². The molecule has 2 aliphatic heterocycles. The van der Waals surface area contributed by atoms with E-state index in [1.165, 1.54) is 18.9 Å². The van der Waals surface area contributed by atoms with Crippen LogP contribution in [-0.4, -0.2) is 40.9 Å². The standard InChI is InChI=1S/C26H22N4O5S/c1-34-21-13-17(11-12-20(21)35-14-22(31)32)24-27-19-10-6-5-9-18(19)23-25(33)28-26(29-30(23)24)36-15-16-7-3-2-4-8-16/h2-13,24H,14-15H2,1H3,(H,31,32)(H,28,29,33). The third-order valence-electron chi connectivity index (χ3n) is 5.57. The van der Waals surface area contributed by atoms with Crippen molar-refractivity contribution in [3.63, 3.8) is 0 Å². The van der Waals surface area contributed by atoms with E-state index in [9.17, 15) is 9.59 Å². The first-order valence-corrected chi connectivity index (χ1v) is 12.1. The summed E-state index contributed by atoms with van der Waals surface area (Å²) in [6, 6.07) is 22.5. The van der Waals surface area contributed by atoms with Crippen LogP contribution in [0.4, 0.5) is 0 Å². The number of rotatable bonds is 7. The van der Waals surface area contributed by atoms with Crippen LogP contribution in [0.3, 0.4) is 0 Å². The van der Waals surface area contributed by atoms with Crippen molar-refractivity contribution in [1.82, 2.24) is 10.3 Å². The lowest BCUT2D eigenvalue weighted by Gasteiger charge is -2.34. The summed E-state index contributed by atoms with van der Waals surface area (Å²) in [6.07, 6.45) is -0.643. The molecule has 3 aromatic rings. The Bertz CT molecular complexity index is 1480. The van der Waals surface area contributed by atoms with Gasteiger partial charge < -0.3 is 14.6 Å². The first-order chi connectivity index (χ1) is 17.5. The van der Waals surface area contributed by atoms with E-state index in [1.807, 2.05) is 54.6 Å². The fourth-order valence-corrected chi connectivity index (χ4v) is 4.75. The summed E-state index contributed by atoms with van der Waals surface area (Å²) >= 11 is 1.43. The number of hydrogen-bond acceptors (Lipinski definition) is 8. The number of benzene rings is 3. The first-order valence-electron chi connectivity index (χ1n) is 11.1. The number of carbonyl (C=O) groups excluding carboxylic acids is 1. The fourth-order valence-electron chi connectivity index (χ4n) is 3.94. The fraction of sp³-hybridized carbons (Fsp3) is 0.154. The van der Waals surface area contributed by atoms with Gasteiger partial charge in [0.05, 0.1) is 12.5 Å². The zero-order valence-electron chi connectivity index (χ0n) is 19.2. The second-order valence-electron chi connectivity index (χ2n) is 7.94. The number of nitrogens with zero attached hydrogens (tertiary/aromatic N) is 3. The highest BCUT2D eigenvalue weighted by Gasteiger charge is 2.34. The zero-order valence-corrected chi connectivity index (χ0v) is 20.1. The Morgan fingerprint density at radius 2 is 1.86 bits per heavy atom. The Morgan fingerprint density at radius 1 is 1.08 bits per heavy atom. The molecule has 0 saturated heterocycles. The number of fused-ring (bicyclic) bond motifs is 2. The summed E-state index contributed by atoms with van der Waals surface area (Å²) in [5, 5.41) is 20.1. The molecule has 0 spiro atoms. The molecule has 0 radical (unpaired) electrons. The molecule has 1 amide bonds. The lowest BCUT2D eigenvalue weighted by molar-refractivity contribution is -0.139. The monoisotopic (exact) mass is 502 g/mol. The number of nitrogens with one attached hydrogen (secondary N) is 1. The third kappa shape index (κ3) is 4.76. The molecule has 2 N–H and O–H groups in total. The van der Waals surface area contributed by atoms with Gasteiger partial charge in [0, 0.05) is 16.5 Å². The smallest absolute Gasteiger partial charge is 0.341 e. The number of carbonyl (C=O) groups is 2. The van der Waals surface area contributed by atoms with Gasteiger partial charge in [-0.3, -0.25) is 15.1 Å². The minimum absolute atomic E-state index is 0.263. The van der Waals surface area contributed by atoms with Crippen molar-refractivity contribution in [2.24, 2.45) is 10.1 Å². The molecule has 0 aromatic heterocycles. The number of amidine groups is 1. The average Bonchev–Trinajstić information content (AvgIpc) is 2.90. The third-order valence-corrected chi connectivity index (χ3v) is 6.51. The van der Waals surface area contributed by atoms with Crippen LogP contribution >= 0.6 is 11.8 Å². The molecule has 0 bridgehead atoms. The highest BCUT2D eigenvalue weighted by molar-refractivity contribution is 8.13. The maximum Gasteiger partial charge on any atom is 0.341 e. The number of carboxylic acid groups (broad SMARTS) is 1. The summed E-state index contributed by atoms with van der Waals surface area (Å²) in [5.41, 5.74) is 2.22. The number of aliphatic carboxylic acids is 1. The molecular formula is C26H22N4O5S. The zero-order chi connectivity index (χ0) is 25.1. The second-order valence-corrected chi connectivity index (χ2v) is 8.90. The highest BCUT2D eigenvalue weighted by Crippen LogP contribution is 2.36. The molecule has 0 aliphatic carbocycles. The van der Waals surface area contributed by atoms with Gasteiger partial charge >= 0.3 is 5.97 Å². The van der Waals surface area contributed by atoms with Crippen molar-refractivity contribution in [3.05, 3.63) is 94.5 Å². The quantitative estimate of drug-likeness (QED) is 0.510. The number of hydrazone groups is 1. The van der Waals surface area contributed by atoms with E-state index < -0.39 is 18.7 Å². The van der Waals surface area contributed by atoms with E-state index in [0.29, 0.717) is 44.3 Å². The van der Waals surface area contributed by atoms with Gasteiger partial charge in [-0.25, -0.2) is 9.80 Å². The van der Waals surface area contributed by atoms with Gasteiger partial charge in [-0.15, -0.1) is 5.10 Å². The number of hydrogen-bond donors (Lipinski definition) is 2. The number of thioether (sulfide) groups is 1. The molecule has 9 nitrogen and oxygen atoms in total. The molecular weight excluding hydrogens is 480 g/mol. The Balaban J connectivity index is 1.54. The maximum atomic E-state index is 13.3. The van der Waals surface area contributed by atoms with E-state index in [0.717, 1.165) is 5.56 Å². The largest absolute Gasteiger partial charge is 0.493 e. The molecule has 1 atom stereocenters. The Kier molecular flexibility index (Phi) is 6.59. The maximum absolute atomic E-state index is 13.3. The van der Waals surface area contributed by atoms with Crippen molar-refractivity contribution in [2.75, 3.05) is 13.7 Å². The van der Waals surface area contributed by atoms with Crippen LogP contribution < -0.4 is 25.4 Å². The SMILES string of the molecule is COc1cc(C2N=c3ccccc3=C3C(=O)NC(SCc4ccccc4)=NN32)ccc1OCC(=O)O. The van der Waals surface area contributed by atoms with Crippen LogP contribution in [-0.2, 0) is 15.3 Å². The van der Waals surface area contributed by atoms with Gasteiger partial charge in [0.25, 0.3) is 5.91 Å². The van der Waals surface area contributed by atoms with Crippen molar-refractivity contribution in [3.8, 4) is 11.5 Å². The van der Waals surface area contributed by atoms with Crippen LogP contribution in [0, 0.1) is 0 Å². The number of carboxylic acids is 1. The molecule has 2 aliphatic rings. The van der Waals surface area contributed by atoms with Crippen LogP contribution in [0.15, 0.2) is 82.9 Å². The molecule has 36 heavy (non-hydrogen) atoms. The molecule has 5 rings (SSSR count). The summed E-state index contributed by atoms with van der Waals surface area (Å²) in [4.78, 5) is 29.1. The topological polar surface area (TPSA) is 113 Å². The van der Waals surface area contributed by atoms with E-state index in [1.54, 1.807) is 23.2 Å². The van der Waals surface area contributed by atoms with Crippen LogP contribution in [0.5, 0.6) is 11.5 Å². The molecule has 0 fully saturated rings. The Labute approximate surface area is 210 Å². The minimum atomic E-state index is -1.09. The number of ether oxygens (including phenoxy) is 2. The molecule has 10 heteroatoms. The highest BCUT2D eigenvalue weighted by atomic mass is 32.2. The van der Waals surface area contributed by atoms with Gasteiger partial charge in [0.15, 0.2) is 29.4 Å². The summed E-state index contributed by atoms with van der Waals surface area (Å²) in [6.45, 7) is -0.493. The number of para-hydroxylation sites is 1. The van der Waals surface area contributed by atoms with E-state index in [-0.39, 0.29) is 5.91 Å². The number of amides is 1. The van der Waals surface area contributed by atoms with Gasteiger partial charge in [0.1, 0.15) is 5.70 Å². The average molecular weight is 503 g/mol. The van der Waals surface area contributed by atoms with Gasteiger partial charge in [-0.05, 0) is 23.8 Å². The Morgan fingerprint density at radius 3 is 2.64 bits per heavy atom. The van der Waals surface area contributed by atoms with E-state index >= 15 is 0 Å². The summed E-state index contributed by atoms with van der Waals surface area (Å²) in [5.74, 6) is -0.0587. The van der Waals surface area contributed by atoms with Crippen molar-refractivity contribution in [2.45, 2.75) is 11.9 Å². The molecule has 0 saturated carbocycles. The Hall–Kier alpha value is -4.31.